The van der Waals surface area contributed by atoms with E-state index in [-0.39, 0.29) is 23.3 Å². The van der Waals surface area contributed by atoms with Crippen molar-refractivity contribution in [3.8, 4) is 0 Å². The zero-order chi connectivity index (χ0) is 19.4. The predicted molar refractivity (Wildman–Crippen MR) is 101 cm³/mol. The van der Waals surface area contributed by atoms with Crippen LogP contribution < -0.4 is 5.32 Å². The van der Waals surface area contributed by atoms with Gasteiger partial charge in [-0.15, -0.1) is 0 Å². The van der Waals surface area contributed by atoms with Gasteiger partial charge in [-0.2, -0.15) is 4.31 Å². The third-order valence-electron chi connectivity index (χ3n) is 4.88. The number of benzene rings is 2. The average molecular weight is 390 g/mol. The highest BCUT2D eigenvalue weighted by Crippen LogP contribution is 2.26. The summed E-state index contributed by atoms with van der Waals surface area (Å²) in [7, 11) is -3.83. The number of hydrogen-bond acceptors (Lipinski definition) is 3. The van der Waals surface area contributed by atoms with E-state index in [4.69, 9.17) is 0 Å². The molecule has 1 N–H and O–H groups in total. The smallest absolute Gasteiger partial charge is 0.243 e. The first kappa shape index (κ1) is 19.5. The number of sulfonamides is 1. The van der Waals surface area contributed by atoms with Crippen LogP contribution in [-0.2, 0) is 14.8 Å². The van der Waals surface area contributed by atoms with E-state index in [0.717, 1.165) is 17.7 Å². The SMILES string of the molecule is C[C@H](CNC(=O)[C@H]1CCCN1S(=O)(=O)c1ccc(F)cc1)c1ccccc1. The average Bonchev–Trinajstić information content (AvgIpc) is 3.18. The number of amides is 1. The summed E-state index contributed by atoms with van der Waals surface area (Å²) in [5, 5.41) is 2.88. The molecule has 0 radical (unpaired) electrons. The maximum absolute atomic E-state index is 13.1. The second-order valence-corrected chi connectivity index (χ2v) is 8.68. The Balaban J connectivity index is 1.68. The van der Waals surface area contributed by atoms with E-state index in [1.807, 2.05) is 37.3 Å². The molecule has 144 valence electrons. The summed E-state index contributed by atoms with van der Waals surface area (Å²) in [5.41, 5.74) is 1.11. The first-order valence-corrected chi connectivity index (χ1v) is 10.4. The van der Waals surface area contributed by atoms with Gasteiger partial charge in [0, 0.05) is 13.1 Å². The van der Waals surface area contributed by atoms with E-state index >= 15 is 0 Å². The van der Waals surface area contributed by atoms with Crippen molar-refractivity contribution in [2.24, 2.45) is 0 Å². The number of hydrogen-bond donors (Lipinski definition) is 1. The molecule has 0 bridgehead atoms. The number of nitrogens with one attached hydrogen (secondary N) is 1. The van der Waals surface area contributed by atoms with Gasteiger partial charge in [0.2, 0.25) is 15.9 Å². The molecular weight excluding hydrogens is 367 g/mol. The van der Waals surface area contributed by atoms with Gasteiger partial charge in [0.25, 0.3) is 0 Å². The molecule has 1 amide bonds. The van der Waals surface area contributed by atoms with Gasteiger partial charge in [-0.3, -0.25) is 4.79 Å². The van der Waals surface area contributed by atoms with Crippen LogP contribution in [0.3, 0.4) is 0 Å². The maximum atomic E-state index is 13.1. The maximum Gasteiger partial charge on any atom is 0.243 e. The summed E-state index contributed by atoms with van der Waals surface area (Å²) in [4.78, 5) is 12.6. The van der Waals surface area contributed by atoms with Crippen molar-refractivity contribution >= 4 is 15.9 Å². The lowest BCUT2D eigenvalue weighted by atomic mass is 10.0. The molecule has 1 saturated heterocycles. The molecule has 0 spiro atoms. The lowest BCUT2D eigenvalue weighted by Gasteiger charge is -2.24. The molecule has 0 unspecified atom stereocenters. The zero-order valence-electron chi connectivity index (χ0n) is 15.1. The lowest BCUT2D eigenvalue weighted by molar-refractivity contribution is -0.124. The number of carbonyl (C=O) groups excluding carboxylic acids is 1. The van der Waals surface area contributed by atoms with Crippen molar-refractivity contribution in [2.75, 3.05) is 13.1 Å². The van der Waals surface area contributed by atoms with Crippen LogP contribution in [0.25, 0.3) is 0 Å². The minimum absolute atomic E-state index is 0.00116. The number of carbonyl (C=O) groups is 1. The molecule has 2 atom stereocenters. The molecule has 1 aliphatic rings. The van der Waals surface area contributed by atoms with Crippen LogP contribution in [0.1, 0.15) is 31.2 Å². The van der Waals surface area contributed by atoms with Crippen LogP contribution in [0.15, 0.2) is 59.5 Å². The fraction of sp³-hybridized carbons (Fsp3) is 0.350. The third-order valence-corrected chi connectivity index (χ3v) is 6.80. The number of nitrogens with zero attached hydrogens (tertiary/aromatic N) is 1. The lowest BCUT2D eigenvalue weighted by Crippen LogP contribution is -2.46. The van der Waals surface area contributed by atoms with E-state index in [1.54, 1.807) is 0 Å². The third kappa shape index (κ3) is 4.36. The summed E-state index contributed by atoms with van der Waals surface area (Å²) in [6.07, 6.45) is 1.10. The van der Waals surface area contributed by atoms with Gasteiger partial charge in [-0.1, -0.05) is 37.3 Å². The second kappa shape index (κ2) is 8.19. The Morgan fingerprint density at radius 1 is 1.19 bits per heavy atom. The first-order chi connectivity index (χ1) is 12.9. The monoisotopic (exact) mass is 390 g/mol. The van der Waals surface area contributed by atoms with Crippen LogP contribution >= 0.6 is 0 Å². The fourth-order valence-corrected chi connectivity index (χ4v) is 4.96. The molecule has 1 heterocycles. The Labute approximate surface area is 159 Å². The quantitative estimate of drug-likeness (QED) is 0.825. The molecule has 1 fully saturated rings. The van der Waals surface area contributed by atoms with Gasteiger partial charge in [0.05, 0.1) is 4.90 Å². The van der Waals surface area contributed by atoms with E-state index in [2.05, 4.69) is 5.32 Å². The molecule has 0 saturated carbocycles. The van der Waals surface area contributed by atoms with Gasteiger partial charge in [-0.25, -0.2) is 12.8 Å². The van der Waals surface area contributed by atoms with Crippen LogP contribution in [0.4, 0.5) is 4.39 Å². The molecule has 2 aromatic carbocycles. The Hall–Kier alpha value is -2.25. The Morgan fingerprint density at radius 2 is 1.85 bits per heavy atom. The van der Waals surface area contributed by atoms with Crippen molar-refractivity contribution < 1.29 is 17.6 Å². The highest BCUT2D eigenvalue weighted by molar-refractivity contribution is 7.89. The van der Waals surface area contributed by atoms with Crippen molar-refractivity contribution in [3.63, 3.8) is 0 Å². The second-order valence-electron chi connectivity index (χ2n) is 6.78. The molecule has 27 heavy (non-hydrogen) atoms. The van der Waals surface area contributed by atoms with Crippen molar-refractivity contribution in [1.29, 1.82) is 0 Å². The van der Waals surface area contributed by atoms with E-state index in [0.29, 0.717) is 19.4 Å². The molecule has 2 aromatic rings. The fourth-order valence-electron chi connectivity index (χ4n) is 3.30. The summed E-state index contributed by atoms with van der Waals surface area (Å²) in [6, 6.07) is 13.8. The van der Waals surface area contributed by atoms with Crippen LogP contribution in [0, 0.1) is 5.82 Å². The molecule has 7 heteroatoms. The molecule has 3 rings (SSSR count). The zero-order valence-corrected chi connectivity index (χ0v) is 16.0. The standard InChI is InChI=1S/C20H23FN2O3S/c1-15(16-6-3-2-4-7-16)14-22-20(24)19-8-5-13-23(19)27(25,26)18-11-9-17(21)10-12-18/h2-4,6-7,9-12,15,19H,5,8,13-14H2,1H3,(H,22,24)/t15-,19-/m1/s1. The van der Waals surface area contributed by atoms with E-state index in [1.165, 1.54) is 16.4 Å². The van der Waals surface area contributed by atoms with Gasteiger partial charge >= 0.3 is 0 Å². The predicted octanol–water partition coefficient (Wildman–Crippen LogP) is 2.90. The minimum atomic E-state index is -3.83. The molecule has 0 aromatic heterocycles. The van der Waals surface area contributed by atoms with Gasteiger partial charge in [-0.05, 0) is 48.6 Å². The van der Waals surface area contributed by atoms with E-state index in [9.17, 15) is 17.6 Å². The molecule has 0 aliphatic carbocycles. The van der Waals surface area contributed by atoms with Crippen molar-refractivity contribution in [2.45, 2.75) is 36.6 Å². The van der Waals surface area contributed by atoms with E-state index < -0.39 is 21.9 Å². The normalized spacial score (nSPS) is 19.0. The van der Waals surface area contributed by atoms with Gasteiger partial charge in [0.15, 0.2) is 0 Å². The minimum Gasteiger partial charge on any atom is -0.354 e. The summed E-state index contributed by atoms with van der Waals surface area (Å²) < 4.78 is 40.0. The van der Waals surface area contributed by atoms with Crippen LogP contribution in [-0.4, -0.2) is 37.8 Å². The molecule has 1 aliphatic heterocycles. The highest BCUT2D eigenvalue weighted by Gasteiger charge is 2.39. The van der Waals surface area contributed by atoms with Crippen LogP contribution in [0.2, 0.25) is 0 Å². The highest BCUT2D eigenvalue weighted by atomic mass is 32.2. The Kier molecular flexibility index (Phi) is 5.92. The summed E-state index contributed by atoms with van der Waals surface area (Å²) >= 11 is 0. The van der Waals surface area contributed by atoms with Crippen molar-refractivity contribution in [1.82, 2.24) is 9.62 Å². The Morgan fingerprint density at radius 3 is 2.52 bits per heavy atom. The van der Waals surface area contributed by atoms with Crippen molar-refractivity contribution in [3.05, 3.63) is 66.0 Å². The number of rotatable bonds is 6. The van der Waals surface area contributed by atoms with Gasteiger partial charge in [0.1, 0.15) is 11.9 Å². The number of halogens is 1. The largest absolute Gasteiger partial charge is 0.354 e. The van der Waals surface area contributed by atoms with Gasteiger partial charge < -0.3 is 5.32 Å². The topological polar surface area (TPSA) is 66.5 Å². The summed E-state index contributed by atoms with van der Waals surface area (Å²) in [5.74, 6) is -0.667. The first-order valence-electron chi connectivity index (χ1n) is 8.99. The van der Waals surface area contributed by atoms with Crippen LogP contribution in [0.5, 0.6) is 0 Å². The molecule has 5 nitrogen and oxygen atoms in total. The summed E-state index contributed by atoms with van der Waals surface area (Å²) in [6.45, 7) is 2.73. The molecular formula is C20H23FN2O3S. The Bertz CT molecular complexity index is 885.